The Balaban J connectivity index is 1.65. The van der Waals surface area contributed by atoms with Crippen LogP contribution >= 0.6 is 0 Å². The summed E-state index contributed by atoms with van der Waals surface area (Å²) in [5, 5.41) is 13.3. The number of benzene rings is 1. The lowest BCUT2D eigenvalue weighted by Crippen LogP contribution is -2.43. The minimum absolute atomic E-state index is 0.0984. The molecule has 0 heterocycles. The first kappa shape index (κ1) is 23.9. The van der Waals surface area contributed by atoms with Crippen molar-refractivity contribution in [2.75, 3.05) is 0 Å². The monoisotopic (exact) mass is 467 g/mol. The van der Waals surface area contributed by atoms with Crippen molar-refractivity contribution in [3.63, 3.8) is 0 Å². The lowest BCUT2D eigenvalue weighted by atomic mass is 10.1. The van der Waals surface area contributed by atoms with Crippen LogP contribution in [0.3, 0.4) is 0 Å². The summed E-state index contributed by atoms with van der Waals surface area (Å²) in [5.74, 6) is -1.22. The number of carboxylic acids is 1. The number of hydrogen-bond donors (Lipinski definition) is 1. The van der Waals surface area contributed by atoms with Gasteiger partial charge in [0.25, 0.3) is 0 Å². The SMILES string of the molecule is CC(C)(C)[Si](C)(C)O[C@@H]1CC[C@@H](O/N=C(/C(=O)O)c2ccc(S(=O)(=O)C3CC3)cc2)C1. The summed E-state index contributed by atoms with van der Waals surface area (Å²) in [4.78, 5) is 17.5. The quantitative estimate of drug-likeness (QED) is 0.346. The van der Waals surface area contributed by atoms with E-state index in [4.69, 9.17) is 9.26 Å². The predicted octanol–water partition coefficient (Wildman–Crippen LogP) is 4.37. The summed E-state index contributed by atoms with van der Waals surface area (Å²) in [6.07, 6.45) is 3.57. The number of carboxylic acid groups (broad SMARTS) is 1. The zero-order valence-electron chi connectivity index (χ0n) is 18.9. The van der Waals surface area contributed by atoms with Crippen LogP contribution in [0, 0.1) is 0 Å². The zero-order chi connectivity index (χ0) is 23.0. The van der Waals surface area contributed by atoms with Crippen LogP contribution in [-0.2, 0) is 23.9 Å². The third-order valence-corrected chi connectivity index (χ3v) is 13.3. The van der Waals surface area contributed by atoms with E-state index in [0.29, 0.717) is 24.8 Å². The third-order valence-electron chi connectivity index (χ3n) is 6.52. The topological polar surface area (TPSA) is 102 Å². The Kier molecular flexibility index (Phi) is 6.70. The van der Waals surface area contributed by atoms with E-state index in [9.17, 15) is 18.3 Å². The fourth-order valence-electron chi connectivity index (χ4n) is 3.41. The largest absolute Gasteiger partial charge is 0.476 e. The smallest absolute Gasteiger partial charge is 0.358 e. The summed E-state index contributed by atoms with van der Waals surface area (Å²) in [7, 11) is -5.19. The van der Waals surface area contributed by atoms with Crippen LogP contribution in [0.4, 0.5) is 0 Å². The maximum atomic E-state index is 12.3. The maximum absolute atomic E-state index is 12.3. The van der Waals surface area contributed by atoms with E-state index in [1.807, 2.05) is 0 Å². The molecule has 1 aromatic carbocycles. The molecule has 9 heteroatoms. The number of nitrogens with zero attached hydrogens (tertiary/aromatic N) is 1. The van der Waals surface area contributed by atoms with Crippen molar-refractivity contribution in [3.8, 4) is 0 Å². The van der Waals surface area contributed by atoms with E-state index < -0.39 is 24.1 Å². The molecular weight excluding hydrogens is 434 g/mol. The van der Waals surface area contributed by atoms with Gasteiger partial charge in [0.05, 0.1) is 10.1 Å². The zero-order valence-corrected chi connectivity index (χ0v) is 20.7. The van der Waals surface area contributed by atoms with Crippen LogP contribution in [0.5, 0.6) is 0 Å². The van der Waals surface area contributed by atoms with E-state index in [0.717, 1.165) is 12.8 Å². The highest BCUT2D eigenvalue weighted by Gasteiger charge is 2.41. The van der Waals surface area contributed by atoms with Crippen molar-refractivity contribution in [2.45, 2.75) is 93.4 Å². The van der Waals surface area contributed by atoms with Gasteiger partial charge in [0, 0.05) is 18.1 Å². The summed E-state index contributed by atoms with van der Waals surface area (Å²) < 4.78 is 31.1. The van der Waals surface area contributed by atoms with Crippen LogP contribution in [0.1, 0.15) is 58.4 Å². The summed E-state index contributed by atoms with van der Waals surface area (Å²) in [5.41, 5.74) is 0.0819. The molecule has 1 aromatic rings. The normalized spacial score (nSPS) is 23.1. The van der Waals surface area contributed by atoms with E-state index in [1.165, 1.54) is 24.3 Å². The molecule has 0 aromatic heterocycles. The summed E-state index contributed by atoms with van der Waals surface area (Å²) in [6.45, 7) is 11.0. The Labute approximate surface area is 185 Å². The van der Waals surface area contributed by atoms with E-state index in [-0.39, 0.29) is 33.1 Å². The molecular formula is C22H33NO6SSi. The minimum Gasteiger partial charge on any atom is -0.476 e. The summed E-state index contributed by atoms with van der Waals surface area (Å²) >= 11 is 0. The predicted molar refractivity (Wildman–Crippen MR) is 122 cm³/mol. The average molecular weight is 468 g/mol. The Bertz CT molecular complexity index is 945. The second kappa shape index (κ2) is 8.67. The van der Waals surface area contributed by atoms with Gasteiger partial charge in [-0.25, -0.2) is 13.2 Å². The van der Waals surface area contributed by atoms with E-state index >= 15 is 0 Å². The van der Waals surface area contributed by atoms with Gasteiger partial charge in [-0.1, -0.05) is 38.1 Å². The molecule has 0 unspecified atom stereocenters. The molecule has 1 N–H and O–H groups in total. The van der Waals surface area contributed by atoms with Crippen LogP contribution in [0.2, 0.25) is 18.1 Å². The Morgan fingerprint density at radius 1 is 1.06 bits per heavy atom. The van der Waals surface area contributed by atoms with Crippen LogP contribution in [0.25, 0.3) is 0 Å². The second-order valence-electron chi connectivity index (χ2n) is 10.1. The molecule has 0 aliphatic heterocycles. The molecule has 0 amide bonds. The van der Waals surface area contributed by atoms with E-state index in [1.54, 1.807) is 0 Å². The van der Waals surface area contributed by atoms with Gasteiger partial charge in [0.2, 0.25) is 0 Å². The molecule has 3 rings (SSSR count). The fourth-order valence-corrected chi connectivity index (χ4v) is 6.47. The molecule has 0 radical (unpaired) electrons. The standard InChI is InChI=1S/C22H33NO6SSi/c1-22(2,3)31(4,5)29-17-9-8-16(14-17)28-23-20(21(24)25)15-6-10-18(11-7-15)30(26,27)19-12-13-19/h6-7,10-11,16-17,19H,8-9,12-14H2,1-5H3,(H,24,25)/b23-20+/t16-,17-/m1/s1. The lowest BCUT2D eigenvalue weighted by Gasteiger charge is -2.38. The molecule has 2 aliphatic carbocycles. The highest BCUT2D eigenvalue weighted by molar-refractivity contribution is 7.92. The van der Waals surface area contributed by atoms with Crippen molar-refractivity contribution in [2.24, 2.45) is 5.16 Å². The number of aliphatic carboxylic acids is 1. The first-order valence-electron chi connectivity index (χ1n) is 10.8. The van der Waals surface area contributed by atoms with E-state index in [2.05, 4.69) is 39.0 Å². The minimum atomic E-state index is -3.31. The second-order valence-corrected chi connectivity index (χ2v) is 17.0. The third kappa shape index (κ3) is 5.56. The Morgan fingerprint density at radius 2 is 1.65 bits per heavy atom. The highest BCUT2D eigenvalue weighted by Crippen LogP contribution is 2.40. The van der Waals surface area contributed by atoms with Gasteiger partial charge >= 0.3 is 5.97 Å². The summed E-state index contributed by atoms with van der Waals surface area (Å²) in [6, 6.07) is 5.84. The van der Waals surface area contributed by atoms with Crippen molar-refractivity contribution in [3.05, 3.63) is 29.8 Å². The highest BCUT2D eigenvalue weighted by atomic mass is 32.2. The van der Waals surface area contributed by atoms with Crippen LogP contribution in [0.15, 0.2) is 34.3 Å². The van der Waals surface area contributed by atoms with Crippen molar-refractivity contribution in [1.29, 1.82) is 0 Å². The Hall–Kier alpha value is -1.71. The molecule has 0 bridgehead atoms. The fraction of sp³-hybridized carbons (Fsp3) is 0.636. The molecule has 2 aliphatic rings. The van der Waals surface area contributed by atoms with Gasteiger partial charge in [0.15, 0.2) is 23.9 Å². The number of hydrogen-bond acceptors (Lipinski definition) is 6. The van der Waals surface area contributed by atoms with Crippen LogP contribution < -0.4 is 0 Å². The first-order valence-corrected chi connectivity index (χ1v) is 15.3. The lowest BCUT2D eigenvalue weighted by molar-refractivity contribution is -0.129. The first-order chi connectivity index (χ1) is 14.3. The molecule has 0 spiro atoms. The molecule has 2 fully saturated rings. The van der Waals surface area contributed by atoms with Gasteiger partial charge in [-0.05, 0) is 55.9 Å². The average Bonchev–Trinajstić information content (AvgIpc) is 3.43. The molecule has 0 saturated heterocycles. The molecule has 172 valence electrons. The van der Waals surface area contributed by atoms with Crippen molar-refractivity contribution < 1.29 is 27.6 Å². The van der Waals surface area contributed by atoms with Gasteiger partial charge in [0.1, 0.15) is 6.10 Å². The van der Waals surface area contributed by atoms with Gasteiger partial charge in [-0.15, -0.1) is 0 Å². The Morgan fingerprint density at radius 3 is 2.16 bits per heavy atom. The molecule has 2 atom stereocenters. The molecule has 31 heavy (non-hydrogen) atoms. The molecule has 2 saturated carbocycles. The van der Waals surface area contributed by atoms with Gasteiger partial charge in [-0.3, -0.25) is 0 Å². The van der Waals surface area contributed by atoms with Crippen LogP contribution in [-0.4, -0.2) is 51.0 Å². The van der Waals surface area contributed by atoms with Crippen molar-refractivity contribution >= 4 is 29.8 Å². The number of oxime groups is 1. The van der Waals surface area contributed by atoms with Gasteiger partial charge in [-0.2, -0.15) is 0 Å². The number of rotatable bonds is 8. The molecule has 7 nitrogen and oxygen atoms in total. The maximum Gasteiger partial charge on any atom is 0.358 e. The number of carbonyl (C=O) groups is 1. The van der Waals surface area contributed by atoms with Crippen molar-refractivity contribution in [1.82, 2.24) is 0 Å². The van der Waals surface area contributed by atoms with Gasteiger partial charge < -0.3 is 14.4 Å². The number of sulfone groups is 1.